The van der Waals surface area contributed by atoms with Crippen LogP contribution in [0.3, 0.4) is 0 Å². The van der Waals surface area contributed by atoms with Crippen molar-refractivity contribution in [1.82, 2.24) is 9.13 Å². The zero-order valence-corrected chi connectivity index (χ0v) is 79.4. The molecule has 0 fully saturated rings. The van der Waals surface area contributed by atoms with Crippen LogP contribution in [-0.4, -0.2) is 15.8 Å². The van der Waals surface area contributed by atoms with Crippen LogP contribution in [0, 0.1) is 0 Å². The van der Waals surface area contributed by atoms with E-state index in [0.717, 1.165) is 50.8 Å². The minimum absolute atomic E-state index is 0.0709. The second-order valence-electron chi connectivity index (χ2n) is 45.7. The van der Waals surface area contributed by atoms with E-state index in [-0.39, 0.29) is 55.4 Å². The molecule has 630 valence electrons. The highest BCUT2D eigenvalue weighted by Gasteiger charge is 2.47. The summed E-state index contributed by atoms with van der Waals surface area (Å²) in [5, 5.41) is 4.85. The van der Waals surface area contributed by atoms with Gasteiger partial charge in [-0.15, -0.1) is 0 Å². The van der Waals surface area contributed by atoms with Gasteiger partial charge in [0.25, 0.3) is 6.71 Å². The van der Waals surface area contributed by atoms with Crippen molar-refractivity contribution in [3.8, 4) is 67.0 Å². The third-order valence-corrected chi connectivity index (χ3v) is 27.3. The Hall–Kier alpha value is -11.7. The molecule has 0 aliphatic carbocycles. The minimum atomic E-state index is -0.377. The molecule has 0 saturated carbocycles. The first-order valence-electron chi connectivity index (χ1n) is 45.7. The zero-order chi connectivity index (χ0) is 88.9. The predicted molar refractivity (Wildman–Crippen MR) is 545 cm³/mol. The van der Waals surface area contributed by atoms with Crippen molar-refractivity contribution >= 4 is 101 Å². The zero-order valence-electron chi connectivity index (χ0n) is 79.4. The van der Waals surface area contributed by atoms with Crippen LogP contribution in [0.25, 0.3) is 111 Å². The van der Waals surface area contributed by atoms with Crippen molar-refractivity contribution in [1.29, 1.82) is 0 Å². The molecule has 0 saturated heterocycles. The summed E-state index contributed by atoms with van der Waals surface area (Å²) in [6, 6.07) is 111. The SMILES string of the molecule is CC(C)(C)c1ccc(-c2cc(C(C)(C)C)cc(-c3ccc(C(C)(C)C)cc3)c2N2c3cc(-c4cc(C(C)(C)C)cc(C(C)(C)C)c4)ccc3B3c4ccc(-n5c6ccccc6c6cc7c(cc65)c5ccccc5n7-c5ccccc5)cc4N(c4c(-c5ccc(C(C)(C)C)cc5)cc(C(C)(C)C)cc4-c4ccc(C(C)(C)C)cc4)c4cc(C(C)(C)C)cc2c43)cc1. The Kier molecular flexibility index (Phi) is 19.9. The number of benzene rings is 14. The first-order chi connectivity index (χ1) is 58.7. The molecule has 125 heavy (non-hydrogen) atoms. The van der Waals surface area contributed by atoms with Crippen LogP contribution >= 0.6 is 0 Å². The number of hydrogen-bond donors (Lipinski definition) is 0. The van der Waals surface area contributed by atoms with E-state index in [9.17, 15) is 0 Å². The van der Waals surface area contributed by atoms with Gasteiger partial charge < -0.3 is 18.9 Å². The molecule has 0 radical (unpaired) electrons. The predicted octanol–water partition coefficient (Wildman–Crippen LogP) is 32.0. The molecule has 0 unspecified atom stereocenters. The molecule has 2 aromatic heterocycles. The van der Waals surface area contributed by atoms with Crippen LogP contribution in [0.5, 0.6) is 0 Å². The van der Waals surface area contributed by atoms with Crippen LogP contribution in [-0.2, 0) is 48.7 Å². The summed E-state index contributed by atoms with van der Waals surface area (Å²) in [7, 11) is 0. The molecule has 14 aromatic carbocycles. The van der Waals surface area contributed by atoms with Gasteiger partial charge in [-0.1, -0.05) is 375 Å². The van der Waals surface area contributed by atoms with Gasteiger partial charge in [0.1, 0.15) is 0 Å². The lowest BCUT2D eigenvalue weighted by atomic mass is 9.33. The first kappa shape index (κ1) is 84.2. The molecule has 0 bridgehead atoms. The Morgan fingerprint density at radius 1 is 0.192 bits per heavy atom. The van der Waals surface area contributed by atoms with Gasteiger partial charge in [-0.3, -0.25) is 0 Å². The maximum Gasteiger partial charge on any atom is 0.252 e. The molecular weight excluding hydrogens is 1510 g/mol. The van der Waals surface area contributed by atoms with E-state index in [1.807, 2.05) is 0 Å². The number of fused-ring (bicyclic) bond motifs is 10. The van der Waals surface area contributed by atoms with Crippen LogP contribution in [0.1, 0.15) is 237 Å². The van der Waals surface area contributed by atoms with Crippen molar-refractivity contribution in [2.24, 2.45) is 0 Å². The van der Waals surface area contributed by atoms with Crippen molar-refractivity contribution < 1.29 is 0 Å². The molecule has 0 atom stereocenters. The Bertz CT molecular complexity index is 6760. The molecule has 16 aromatic rings. The molecule has 4 nitrogen and oxygen atoms in total. The van der Waals surface area contributed by atoms with Crippen molar-refractivity contribution in [3.05, 3.63) is 329 Å². The summed E-state index contributed by atoms with van der Waals surface area (Å²) in [5.41, 5.74) is 39.6. The summed E-state index contributed by atoms with van der Waals surface area (Å²) in [4.78, 5) is 5.61. The first-order valence-corrected chi connectivity index (χ1v) is 45.7. The van der Waals surface area contributed by atoms with Crippen LogP contribution < -0.4 is 26.2 Å². The van der Waals surface area contributed by atoms with Gasteiger partial charge in [0, 0.05) is 77.9 Å². The molecule has 4 heterocycles. The molecule has 2 aliphatic rings. The Morgan fingerprint density at radius 3 is 0.840 bits per heavy atom. The molecule has 0 amide bonds. The fourth-order valence-electron chi connectivity index (χ4n) is 19.5. The van der Waals surface area contributed by atoms with E-state index in [1.165, 1.54) is 160 Å². The van der Waals surface area contributed by atoms with Gasteiger partial charge in [0.15, 0.2) is 0 Å². The number of para-hydroxylation sites is 3. The van der Waals surface area contributed by atoms with Gasteiger partial charge in [-0.25, -0.2) is 0 Å². The molecule has 5 heteroatoms. The van der Waals surface area contributed by atoms with E-state index in [2.05, 4.69) is 485 Å². The third kappa shape index (κ3) is 15.0. The van der Waals surface area contributed by atoms with Crippen LogP contribution in [0.4, 0.5) is 34.1 Å². The number of anilines is 6. The largest absolute Gasteiger partial charge is 0.310 e. The van der Waals surface area contributed by atoms with Gasteiger partial charge in [-0.2, -0.15) is 0 Å². The summed E-state index contributed by atoms with van der Waals surface area (Å²) in [6.45, 7) is 63.7. The summed E-state index contributed by atoms with van der Waals surface area (Å²) in [6.07, 6.45) is 0. The normalized spacial score (nSPS) is 13.7. The fraction of sp³-hybridized carbons (Fsp3) is 0.300. The lowest BCUT2D eigenvalue weighted by Gasteiger charge is -2.47. The van der Waals surface area contributed by atoms with Crippen molar-refractivity contribution in [2.75, 3.05) is 9.80 Å². The second-order valence-corrected chi connectivity index (χ2v) is 45.7. The molecule has 0 spiro atoms. The topological polar surface area (TPSA) is 16.3 Å². The smallest absolute Gasteiger partial charge is 0.252 e. The lowest BCUT2D eigenvalue weighted by molar-refractivity contribution is 0.569. The number of rotatable bonds is 9. The lowest BCUT2D eigenvalue weighted by Crippen LogP contribution is -2.61. The van der Waals surface area contributed by atoms with E-state index in [1.54, 1.807) is 0 Å². The standard InChI is InChI=1S/C120H127BN4/c1-112(2,3)80-50-41-74(42-51-80)93-65-86(118(19,20)21)66-94(75-43-52-81(53-44-75)113(4,5)6)110(93)124-105-63-78(79-61-84(116(13,14)15)64-85(62-79)117(16,17)18)49-59-99(105)121-100-60-58-90(123-102-40-34-32-38-92(102)98-72-103-97(73-104(98)123)91-37-31-33-39-101(91)122(103)89-35-29-28-30-36-89)71-106(100)125(108-70-88(120(25,26)27)69-107(124)109(108)121)111-95(76-45-54-82(55-46-76)114(7,8)9)67-87(119(22,23)24)68-96(111)77-47-56-83(57-48-77)115(10,11)12/h28-73H,1-27H3. The molecule has 0 N–H and O–H groups in total. The summed E-state index contributed by atoms with van der Waals surface area (Å²) < 4.78 is 5.06. The third-order valence-electron chi connectivity index (χ3n) is 27.3. The average Bonchev–Trinajstić information content (AvgIpc) is 1.03. The highest BCUT2D eigenvalue weighted by Crippen LogP contribution is 2.57. The van der Waals surface area contributed by atoms with Gasteiger partial charge in [0.05, 0.1) is 33.4 Å². The summed E-state index contributed by atoms with van der Waals surface area (Å²) in [5.74, 6) is 0. The van der Waals surface area contributed by atoms with E-state index in [4.69, 9.17) is 0 Å². The van der Waals surface area contributed by atoms with E-state index < -0.39 is 0 Å². The molecule has 2 aliphatic heterocycles. The maximum absolute atomic E-state index is 2.81. The van der Waals surface area contributed by atoms with Crippen LogP contribution in [0.2, 0.25) is 0 Å². The monoisotopic (exact) mass is 1640 g/mol. The molecule has 18 rings (SSSR count). The van der Waals surface area contributed by atoms with Gasteiger partial charge in [-0.05, 0) is 240 Å². The van der Waals surface area contributed by atoms with Gasteiger partial charge in [0.2, 0.25) is 0 Å². The van der Waals surface area contributed by atoms with Crippen molar-refractivity contribution in [3.63, 3.8) is 0 Å². The van der Waals surface area contributed by atoms with Crippen LogP contribution in [0.15, 0.2) is 279 Å². The van der Waals surface area contributed by atoms with E-state index >= 15 is 0 Å². The van der Waals surface area contributed by atoms with E-state index in [0.29, 0.717) is 0 Å². The highest BCUT2D eigenvalue weighted by atomic mass is 15.2. The Balaban J connectivity index is 1.04. The van der Waals surface area contributed by atoms with Gasteiger partial charge >= 0.3 is 0 Å². The fourth-order valence-corrected chi connectivity index (χ4v) is 19.5. The summed E-state index contributed by atoms with van der Waals surface area (Å²) >= 11 is 0. The average molecular weight is 1640 g/mol. The molecular formula is C120H127BN4. The number of aromatic nitrogens is 2. The Morgan fingerprint density at radius 2 is 0.488 bits per heavy atom. The quantitative estimate of drug-likeness (QED) is 0.134. The number of hydrogen-bond acceptors (Lipinski definition) is 2. The maximum atomic E-state index is 2.81. The second kappa shape index (κ2) is 29.5. The number of nitrogens with zero attached hydrogens (tertiary/aromatic N) is 4. The van der Waals surface area contributed by atoms with Crippen molar-refractivity contribution in [2.45, 2.75) is 236 Å². The minimum Gasteiger partial charge on any atom is -0.310 e. The highest BCUT2D eigenvalue weighted by molar-refractivity contribution is 7.00. The Labute approximate surface area is 746 Å².